The molecule has 5 nitrogen and oxygen atoms in total. The molecule has 0 amide bonds. The van der Waals surface area contributed by atoms with E-state index in [0.717, 1.165) is 28.1 Å². The highest BCUT2D eigenvalue weighted by Crippen LogP contribution is 2.26. The monoisotopic (exact) mass is 281 g/mol. The summed E-state index contributed by atoms with van der Waals surface area (Å²) in [6.07, 6.45) is 2.37. The van der Waals surface area contributed by atoms with Crippen LogP contribution in [0.25, 0.3) is 11.4 Å². The Bertz CT molecular complexity index is 554. The van der Waals surface area contributed by atoms with Gasteiger partial charge in [0.15, 0.2) is 11.0 Å². The Labute approximate surface area is 117 Å². The summed E-state index contributed by atoms with van der Waals surface area (Å²) in [6, 6.07) is 1.89. The van der Waals surface area contributed by atoms with Crippen LogP contribution in [-0.2, 0) is 7.05 Å². The zero-order chi connectivity index (χ0) is 14.0. The second kappa shape index (κ2) is 5.38. The predicted molar refractivity (Wildman–Crippen MR) is 75.1 cm³/mol. The molecule has 0 radical (unpaired) electrons. The fourth-order valence-electron chi connectivity index (χ4n) is 1.68. The highest BCUT2D eigenvalue weighted by molar-refractivity contribution is 7.99. The maximum absolute atomic E-state index is 9.69. The Morgan fingerprint density at radius 1 is 1.42 bits per heavy atom. The molecule has 0 fully saturated rings. The number of aryl methyl sites for hydroxylation is 1. The highest BCUT2D eigenvalue weighted by Gasteiger charge is 2.16. The molecule has 0 aliphatic rings. The molecular weight excluding hydrogens is 262 g/mol. The van der Waals surface area contributed by atoms with Gasteiger partial charge >= 0.3 is 0 Å². The van der Waals surface area contributed by atoms with Crippen LogP contribution >= 0.6 is 11.8 Å². The fourth-order valence-corrected chi connectivity index (χ4v) is 2.85. The number of rotatable bonds is 5. The molecule has 1 N–H and O–H groups in total. The van der Waals surface area contributed by atoms with E-state index in [9.17, 15) is 5.11 Å². The summed E-state index contributed by atoms with van der Waals surface area (Å²) >= 11 is 1.60. The molecule has 0 aliphatic carbocycles. The van der Waals surface area contributed by atoms with Crippen LogP contribution in [-0.4, -0.2) is 31.2 Å². The molecule has 2 rings (SSSR count). The fraction of sp³-hybridized carbons (Fsp3) is 0.538. The number of aromatic nitrogens is 3. The normalized spacial score (nSPS) is 12.1. The molecule has 0 aromatic carbocycles. The Hall–Kier alpha value is -1.27. The van der Waals surface area contributed by atoms with Crippen LogP contribution in [0.1, 0.15) is 26.0 Å². The van der Waals surface area contributed by atoms with Gasteiger partial charge < -0.3 is 14.1 Å². The van der Waals surface area contributed by atoms with E-state index >= 15 is 0 Å². The summed E-state index contributed by atoms with van der Waals surface area (Å²) in [5.41, 5.74) is 0.319. The summed E-state index contributed by atoms with van der Waals surface area (Å²) in [5, 5.41) is 18.9. The maximum Gasteiger partial charge on any atom is 0.191 e. The van der Waals surface area contributed by atoms with Gasteiger partial charge in [-0.05, 0) is 33.3 Å². The van der Waals surface area contributed by atoms with Crippen molar-refractivity contribution in [3.8, 4) is 11.4 Å². The van der Waals surface area contributed by atoms with Crippen LogP contribution in [0.3, 0.4) is 0 Å². The zero-order valence-electron chi connectivity index (χ0n) is 11.7. The summed E-state index contributed by atoms with van der Waals surface area (Å²) in [7, 11) is 1.94. The van der Waals surface area contributed by atoms with Crippen molar-refractivity contribution in [3.63, 3.8) is 0 Å². The number of nitrogens with zero attached hydrogens (tertiary/aromatic N) is 3. The van der Waals surface area contributed by atoms with Crippen LogP contribution in [0, 0.1) is 6.92 Å². The molecule has 0 bridgehead atoms. The van der Waals surface area contributed by atoms with Crippen molar-refractivity contribution in [3.05, 3.63) is 18.1 Å². The van der Waals surface area contributed by atoms with Crippen LogP contribution in [0.15, 0.2) is 21.9 Å². The first-order valence-corrected chi connectivity index (χ1v) is 7.16. The SMILES string of the molecule is Cc1occc1-c1nnc(SCCC(C)(C)O)n1C. The minimum atomic E-state index is -0.643. The number of thioether (sulfide) groups is 1. The first-order valence-electron chi connectivity index (χ1n) is 6.17. The predicted octanol–water partition coefficient (Wildman–Crippen LogP) is 2.64. The molecule has 0 atom stereocenters. The lowest BCUT2D eigenvalue weighted by Crippen LogP contribution is -2.19. The second-order valence-electron chi connectivity index (χ2n) is 5.17. The van der Waals surface area contributed by atoms with Gasteiger partial charge in [-0.2, -0.15) is 0 Å². The van der Waals surface area contributed by atoms with Gasteiger partial charge in [-0.15, -0.1) is 10.2 Å². The van der Waals surface area contributed by atoms with Crippen molar-refractivity contribution in [2.24, 2.45) is 7.05 Å². The lowest BCUT2D eigenvalue weighted by Gasteiger charge is -2.15. The Morgan fingerprint density at radius 2 is 2.16 bits per heavy atom. The largest absolute Gasteiger partial charge is 0.469 e. The zero-order valence-corrected chi connectivity index (χ0v) is 12.5. The number of aliphatic hydroxyl groups is 1. The molecule has 2 aromatic heterocycles. The van der Waals surface area contributed by atoms with Gasteiger partial charge in [0.2, 0.25) is 0 Å². The van der Waals surface area contributed by atoms with Gasteiger partial charge in [-0.1, -0.05) is 11.8 Å². The average molecular weight is 281 g/mol. The van der Waals surface area contributed by atoms with E-state index in [1.165, 1.54) is 0 Å². The second-order valence-corrected chi connectivity index (χ2v) is 6.23. The van der Waals surface area contributed by atoms with Crippen molar-refractivity contribution < 1.29 is 9.52 Å². The van der Waals surface area contributed by atoms with Crippen molar-refractivity contribution >= 4 is 11.8 Å². The number of furan rings is 1. The van der Waals surface area contributed by atoms with Crippen molar-refractivity contribution in [1.82, 2.24) is 14.8 Å². The van der Waals surface area contributed by atoms with Crippen LogP contribution in [0.2, 0.25) is 0 Å². The van der Waals surface area contributed by atoms with Gasteiger partial charge in [0.1, 0.15) is 5.76 Å². The van der Waals surface area contributed by atoms with Crippen LogP contribution < -0.4 is 0 Å². The summed E-state index contributed by atoms with van der Waals surface area (Å²) in [5.74, 6) is 2.44. The molecule has 2 heterocycles. The standard InChI is InChI=1S/C13H19N3O2S/c1-9-10(5-7-18-9)11-14-15-12(16(11)4)19-8-6-13(2,3)17/h5,7,17H,6,8H2,1-4H3. The molecule has 0 saturated heterocycles. The van der Waals surface area contributed by atoms with E-state index in [0.29, 0.717) is 6.42 Å². The van der Waals surface area contributed by atoms with Crippen molar-refractivity contribution in [2.45, 2.75) is 37.9 Å². The van der Waals surface area contributed by atoms with Gasteiger partial charge in [-0.3, -0.25) is 0 Å². The summed E-state index contributed by atoms with van der Waals surface area (Å²) < 4.78 is 7.24. The van der Waals surface area contributed by atoms with Crippen molar-refractivity contribution in [1.29, 1.82) is 0 Å². The lowest BCUT2D eigenvalue weighted by molar-refractivity contribution is 0.0777. The summed E-state index contributed by atoms with van der Waals surface area (Å²) in [6.45, 7) is 5.53. The third-order valence-electron chi connectivity index (χ3n) is 2.88. The molecule has 19 heavy (non-hydrogen) atoms. The van der Waals surface area contributed by atoms with E-state index in [-0.39, 0.29) is 0 Å². The topological polar surface area (TPSA) is 64.1 Å². The van der Waals surface area contributed by atoms with Gasteiger partial charge in [0.05, 0.1) is 17.4 Å². The molecule has 104 valence electrons. The van der Waals surface area contributed by atoms with E-state index in [1.807, 2.05) is 38.5 Å². The Kier molecular flexibility index (Phi) is 4.01. The highest BCUT2D eigenvalue weighted by atomic mass is 32.2. The summed E-state index contributed by atoms with van der Waals surface area (Å²) in [4.78, 5) is 0. The van der Waals surface area contributed by atoms with Gasteiger partial charge in [0.25, 0.3) is 0 Å². The molecule has 0 spiro atoms. The van der Waals surface area contributed by atoms with Crippen LogP contribution in [0.5, 0.6) is 0 Å². The first-order chi connectivity index (χ1) is 8.88. The maximum atomic E-state index is 9.69. The molecular formula is C13H19N3O2S. The number of hydrogen-bond donors (Lipinski definition) is 1. The van der Waals surface area contributed by atoms with Crippen LogP contribution in [0.4, 0.5) is 0 Å². The molecule has 6 heteroatoms. The lowest BCUT2D eigenvalue weighted by atomic mass is 10.1. The van der Waals surface area contributed by atoms with Gasteiger partial charge in [-0.25, -0.2) is 0 Å². The van der Waals surface area contributed by atoms with Gasteiger partial charge in [0, 0.05) is 12.8 Å². The minimum absolute atomic E-state index is 0.643. The Balaban J connectivity index is 2.09. The van der Waals surface area contributed by atoms with E-state index in [4.69, 9.17) is 4.42 Å². The van der Waals surface area contributed by atoms with E-state index < -0.39 is 5.60 Å². The molecule has 0 saturated carbocycles. The first kappa shape index (κ1) is 14.1. The minimum Gasteiger partial charge on any atom is -0.469 e. The van der Waals surface area contributed by atoms with E-state index in [2.05, 4.69) is 10.2 Å². The smallest absolute Gasteiger partial charge is 0.191 e. The molecule has 0 unspecified atom stereocenters. The molecule has 2 aromatic rings. The average Bonchev–Trinajstić information content (AvgIpc) is 2.85. The third kappa shape index (κ3) is 3.39. The quantitative estimate of drug-likeness (QED) is 0.854. The number of hydrogen-bond acceptors (Lipinski definition) is 5. The Morgan fingerprint density at radius 3 is 2.74 bits per heavy atom. The third-order valence-corrected chi connectivity index (χ3v) is 3.90. The molecule has 0 aliphatic heterocycles. The van der Waals surface area contributed by atoms with Crippen molar-refractivity contribution in [2.75, 3.05) is 5.75 Å². The van der Waals surface area contributed by atoms with E-state index in [1.54, 1.807) is 18.0 Å².